The minimum atomic E-state index is -4.50. The van der Waals surface area contributed by atoms with Crippen molar-refractivity contribution in [3.8, 4) is 6.07 Å². The Balaban J connectivity index is 2.24. The van der Waals surface area contributed by atoms with Gasteiger partial charge < -0.3 is 4.90 Å². The Hall–Kier alpha value is -2.62. The molecular weight excluding hydrogens is 269 g/mol. The van der Waals surface area contributed by atoms with Crippen molar-refractivity contribution in [2.24, 2.45) is 0 Å². The van der Waals surface area contributed by atoms with Gasteiger partial charge in [0.05, 0.1) is 11.6 Å². The van der Waals surface area contributed by atoms with Gasteiger partial charge in [-0.15, -0.1) is 10.2 Å². The van der Waals surface area contributed by atoms with Crippen LogP contribution in [-0.2, 0) is 6.18 Å². The van der Waals surface area contributed by atoms with E-state index in [1.54, 1.807) is 36.2 Å². The van der Waals surface area contributed by atoms with E-state index in [2.05, 4.69) is 10.2 Å². The van der Waals surface area contributed by atoms with E-state index in [-0.39, 0.29) is 5.82 Å². The summed E-state index contributed by atoms with van der Waals surface area (Å²) in [6.07, 6.45) is -4.50. The lowest BCUT2D eigenvalue weighted by atomic mass is 10.2. The highest BCUT2D eigenvalue weighted by Gasteiger charge is 2.33. The minimum absolute atomic E-state index is 0.280. The topological polar surface area (TPSA) is 52.8 Å². The van der Waals surface area contributed by atoms with Crippen molar-refractivity contribution in [2.45, 2.75) is 6.18 Å². The molecule has 0 radical (unpaired) electrons. The van der Waals surface area contributed by atoms with E-state index in [1.165, 1.54) is 6.07 Å². The van der Waals surface area contributed by atoms with Crippen LogP contribution >= 0.6 is 0 Å². The molecule has 2 aromatic rings. The summed E-state index contributed by atoms with van der Waals surface area (Å²) in [4.78, 5) is 1.58. The molecule has 20 heavy (non-hydrogen) atoms. The first-order valence-corrected chi connectivity index (χ1v) is 5.56. The molecule has 0 atom stereocenters. The van der Waals surface area contributed by atoms with Gasteiger partial charge in [-0.25, -0.2) is 0 Å². The van der Waals surface area contributed by atoms with Crippen LogP contribution in [0.15, 0.2) is 36.4 Å². The van der Waals surface area contributed by atoms with Gasteiger partial charge in [0.1, 0.15) is 0 Å². The van der Waals surface area contributed by atoms with Gasteiger partial charge in [-0.2, -0.15) is 18.4 Å². The van der Waals surface area contributed by atoms with Gasteiger partial charge in [0.15, 0.2) is 11.5 Å². The third kappa shape index (κ3) is 2.85. The molecule has 0 fully saturated rings. The zero-order chi connectivity index (χ0) is 14.8. The fourth-order valence-corrected chi connectivity index (χ4v) is 1.55. The molecular formula is C13H9F3N4. The number of hydrogen-bond acceptors (Lipinski definition) is 4. The van der Waals surface area contributed by atoms with Gasteiger partial charge in [0.25, 0.3) is 0 Å². The van der Waals surface area contributed by atoms with Crippen LogP contribution in [0.4, 0.5) is 24.7 Å². The predicted octanol–water partition coefficient (Wildman–Crippen LogP) is 3.13. The van der Waals surface area contributed by atoms with E-state index >= 15 is 0 Å². The summed E-state index contributed by atoms with van der Waals surface area (Å²) in [6.45, 7) is 0. The molecule has 0 spiro atoms. The summed E-state index contributed by atoms with van der Waals surface area (Å²) in [7, 11) is 1.65. The SMILES string of the molecule is CN(c1ccc(C#N)cc1)c1ccc(C(F)(F)F)nn1. The number of rotatable bonds is 2. The second-order valence-corrected chi connectivity index (χ2v) is 3.99. The average molecular weight is 278 g/mol. The van der Waals surface area contributed by atoms with Crippen molar-refractivity contribution in [1.82, 2.24) is 10.2 Å². The van der Waals surface area contributed by atoms with E-state index in [0.717, 1.165) is 6.07 Å². The van der Waals surface area contributed by atoms with Crippen LogP contribution in [-0.4, -0.2) is 17.2 Å². The number of hydrogen-bond donors (Lipinski definition) is 0. The number of aromatic nitrogens is 2. The van der Waals surface area contributed by atoms with Crippen molar-refractivity contribution in [3.05, 3.63) is 47.7 Å². The molecule has 1 aromatic carbocycles. The molecule has 0 N–H and O–H groups in total. The number of nitrogens with zero attached hydrogens (tertiary/aromatic N) is 4. The molecule has 0 saturated carbocycles. The molecule has 0 aliphatic carbocycles. The van der Waals surface area contributed by atoms with E-state index in [4.69, 9.17) is 5.26 Å². The normalized spacial score (nSPS) is 10.9. The zero-order valence-corrected chi connectivity index (χ0v) is 10.4. The Kier molecular flexibility index (Phi) is 3.57. The van der Waals surface area contributed by atoms with Gasteiger partial charge in [0, 0.05) is 12.7 Å². The fraction of sp³-hybridized carbons (Fsp3) is 0.154. The Morgan fingerprint density at radius 3 is 2.15 bits per heavy atom. The van der Waals surface area contributed by atoms with Crippen LogP contribution < -0.4 is 4.90 Å². The molecule has 4 nitrogen and oxygen atoms in total. The first-order valence-electron chi connectivity index (χ1n) is 5.56. The van der Waals surface area contributed by atoms with E-state index < -0.39 is 11.9 Å². The summed E-state index contributed by atoms with van der Waals surface area (Å²) >= 11 is 0. The highest BCUT2D eigenvalue weighted by atomic mass is 19.4. The number of benzene rings is 1. The number of alkyl halides is 3. The standard InChI is InChI=1S/C13H9F3N4/c1-20(10-4-2-9(8-17)3-5-10)12-7-6-11(18-19-12)13(14,15)16/h2-7H,1H3. The van der Waals surface area contributed by atoms with Crippen LogP contribution in [0, 0.1) is 11.3 Å². The molecule has 0 amide bonds. The molecule has 0 unspecified atom stereocenters. The first-order chi connectivity index (χ1) is 9.41. The number of anilines is 2. The maximum atomic E-state index is 12.4. The largest absolute Gasteiger partial charge is 0.435 e. The van der Waals surface area contributed by atoms with Crippen LogP contribution in [0.2, 0.25) is 0 Å². The van der Waals surface area contributed by atoms with Crippen molar-refractivity contribution in [2.75, 3.05) is 11.9 Å². The first kappa shape index (κ1) is 13.8. The molecule has 102 valence electrons. The summed E-state index contributed by atoms with van der Waals surface area (Å²) < 4.78 is 37.1. The van der Waals surface area contributed by atoms with Gasteiger partial charge >= 0.3 is 6.18 Å². The van der Waals surface area contributed by atoms with Crippen molar-refractivity contribution >= 4 is 11.5 Å². The third-order valence-corrected chi connectivity index (χ3v) is 2.67. The Bertz CT molecular complexity index is 627. The smallest absolute Gasteiger partial charge is 0.328 e. The van der Waals surface area contributed by atoms with Crippen molar-refractivity contribution in [1.29, 1.82) is 5.26 Å². The quantitative estimate of drug-likeness (QED) is 0.846. The highest BCUT2D eigenvalue weighted by molar-refractivity contribution is 5.59. The van der Waals surface area contributed by atoms with E-state index in [9.17, 15) is 13.2 Å². The van der Waals surface area contributed by atoms with Crippen molar-refractivity contribution in [3.63, 3.8) is 0 Å². The molecule has 0 bridgehead atoms. The van der Waals surface area contributed by atoms with Gasteiger partial charge in [-0.3, -0.25) is 0 Å². The molecule has 1 heterocycles. The average Bonchev–Trinajstić information content (AvgIpc) is 2.46. The maximum Gasteiger partial charge on any atom is 0.435 e. The Morgan fingerprint density at radius 2 is 1.70 bits per heavy atom. The second kappa shape index (κ2) is 5.17. The summed E-state index contributed by atoms with van der Waals surface area (Å²) in [6, 6.07) is 10.7. The van der Waals surface area contributed by atoms with Gasteiger partial charge in [-0.05, 0) is 36.4 Å². The monoisotopic (exact) mass is 278 g/mol. The molecule has 0 saturated heterocycles. The summed E-state index contributed by atoms with van der Waals surface area (Å²) in [5.41, 5.74) is 0.160. The molecule has 2 rings (SSSR count). The van der Waals surface area contributed by atoms with Crippen LogP contribution in [0.25, 0.3) is 0 Å². The molecule has 1 aromatic heterocycles. The predicted molar refractivity (Wildman–Crippen MR) is 66.3 cm³/mol. The summed E-state index contributed by atoms with van der Waals surface area (Å²) in [5.74, 6) is 0.280. The van der Waals surface area contributed by atoms with Crippen molar-refractivity contribution < 1.29 is 13.2 Å². The van der Waals surface area contributed by atoms with Crippen LogP contribution in [0.5, 0.6) is 0 Å². The Labute approximate surface area is 113 Å². The highest BCUT2D eigenvalue weighted by Crippen LogP contribution is 2.28. The van der Waals surface area contributed by atoms with Crippen LogP contribution in [0.1, 0.15) is 11.3 Å². The maximum absolute atomic E-state index is 12.4. The van der Waals surface area contributed by atoms with Crippen LogP contribution in [0.3, 0.4) is 0 Å². The minimum Gasteiger partial charge on any atom is -0.328 e. The third-order valence-electron chi connectivity index (χ3n) is 2.67. The lowest BCUT2D eigenvalue weighted by Crippen LogP contribution is -2.14. The van der Waals surface area contributed by atoms with Gasteiger partial charge in [-0.1, -0.05) is 0 Å². The molecule has 0 aliphatic rings. The Morgan fingerprint density at radius 1 is 1.05 bits per heavy atom. The summed E-state index contributed by atoms with van der Waals surface area (Å²) in [5, 5.41) is 15.4. The van der Waals surface area contributed by atoms with Gasteiger partial charge in [0.2, 0.25) is 0 Å². The van der Waals surface area contributed by atoms with E-state index in [0.29, 0.717) is 11.3 Å². The second-order valence-electron chi connectivity index (χ2n) is 3.99. The van der Waals surface area contributed by atoms with E-state index in [1.807, 2.05) is 6.07 Å². The number of halogens is 3. The molecule has 0 aliphatic heterocycles. The lowest BCUT2D eigenvalue weighted by molar-refractivity contribution is -0.141. The fourth-order valence-electron chi connectivity index (χ4n) is 1.55. The lowest BCUT2D eigenvalue weighted by Gasteiger charge is -2.18. The molecule has 7 heteroatoms. The zero-order valence-electron chi connectivity index (χ0n) is 10.4. The number of nitriles is 1.